The van der Waals surface area contributed by atoms with Crippen molar-refractivity contribution in [3.05, 3.63) is 41.7 Å². The van der Waals surface area contributed by atoms with Gasteiger partial charge in [-0.3, -0.25) is 4.68 Å². The fraction of sp³-hybridized carbons (Fsp3) is 0.154. The normalized spacial score (nSPS) is 10.4. The maximum atomic E-state index is 9.05. The van der Waals surface area contributed by atoms with Gasteiger partial charge in [-0.1, -0.05) is 6.07 Å². The molecule has 0 aliphatic heterocycles. The Bertz CT molecular complexity index is 806. The van der Waals surface area contributed by atoms with Crippen LogP contribution in [0.25, 0.3) is 17.1 Å². The summed E-state index contributed by atoms with van der Waals surface area (Å²) in [5, 5.41) is 25.5. The molecule has 0 saturated heterocycles. The first kappa shape index (κ1) is 12.0. The van der Waals surface area contributed by atoms with Crippen LogP contribution in [0.2, 0.25) is 0 Å². The van der Waals surface area contributed by atoms with Crippen molar-refractivity contribution in [1.29, 1.82) is 5.26 Å². The van der Waals surface area contributed by atoms with Crippen molar-refractivity contribution in [3.8, 4) is 23.1 Å². The zero-order chi connectivity index (χ0) is 14.1. The molecular weight excluding hydrogens is 254 g/mol. The topological polar surface area (TPSA) is 85.2 Å². The van der Waals surface area contributed by atoms with E-state index in [-0.39, 0.29) is 0 Å². The van der Waals surface area contributed by atoms with Gasteiger partial charge in [-0.25, -0.2) is 0 Å². The Morgan fingerprint density at radius 2 is 2.15 bits per heavy atom. The van der Waals surface area contributed by atoms with Crippen molar-refractivity contribution in [2.45, 2.75) is 6.92 Å². The van der Waals surface area contributed by atoms with Crippen molar-refractivity contribution in [2.75, 3.05) is 0 Å². The van der Waals surface area contributed by atoms with Crippen molar-refractivity contribution in [2.24, 2.45) is 7.05 Å². The molecule has 0 radical (unpaired) electrons. The molecule has 0 amide bonds. The van der Waals surface area contributed by atoms with Crippen LogP contribution >= 0.6 is 0 Å². The van der Waals surface area contributed by atoms with Gasteiger partial charge >= 0.3 is 0 Å². The summed E-state index contributed by atoms with van der Waals surface area (Å²) in [6.07, 6.45) is 3.50. The van der Waals surface area contributed by atoms with Gasteiger partial charge in [0.05, 0.1) is 29.1 Å². The standard InChI is InChI=1S/C13H11N7/c1-9-10(6-14)4-3-5-12(9)20-17-13(16-18-20)11-7-15-19(2)8-11/h3-5,7-8H,1-2H3. The SMILES string of the molecule is Cc1c(C#N)cccc1-n1nnc(-c2cnn(C)c2)n1. The number of tetrazole rings is 1. The summed E-state index contributed by atoms with van der Waals surface area (Å²) in [7, 11) is 1.83. The van der Waals surface area contributed by atoms with Crippen molar-refractivity contribution < 1.29 is 0 Å². The van der Waals surface area contributed by atoms with Crippen LogP contribution in [0.5, 0.6) is 0 Å². The first-order valence-corrected chi connectivity index (χ1v) is 5.98. The largest absolute Gasteiger partial charge is 0.275 e. The number of nitrogens with zero attached hydrogens (tertiary/aromatic N) is 7. The van der Waals surface area contributed by atoms with Crippen LogP contribution < -0.4 is 0 Å². The zero-order valence-electron chi connectivity index (χ0n) is 11.0. The number of benzene rings is 1. The summed E-state index contributed by atoms with van der Waals surface area (Å²) >= 11 is 0. The van der Waals surface area contributed by atoms with E-state index in [0.717, 1.165) is 16.8 Å². The first-order chi connectivity index (χ1) is 9.69. The second kappa shape index (κ2) is 4.59. The summed E-state index contributed by atoms with van der Waals surface area (Å²) in [4.78, 5) is 1.43. The van der Waals surface area contributed by atoms with E-state index >= 15 is 0 Å². The van der Waals surface area contributed by atoms with E-state index in [0.29, 0.717) is 11.4 Å². The van der Waals surface area contributed by atoms with Crippen LogP contribution in [-0.4, -0.2) is 30.0 Å². The fourth-order valence-electron chi connectivity index (χ4n) is 1.93. The highest BCUT2D eigenvalue weighted by Gasteiger charge is 2.11. The maximum Gasteiger partial charge on any atom is 0.208 e. The molecule has 3 aromatic rings. The predicted molar refractivity (Wildman–Crippen MR) is 70.8 cm³/mol. The molecule has 0 N–H and O–H groups in total. The Balaban J connectivity index is 2.05. The third-order valence-corrected chi connectivity index (χ3v) is 3.02. The molecule has 7 nitrogen and oxygen atoms in total. The van der Waals surface area contributed by atoms with E-state index in [1.165, 1.54) is 4.80 Å². The molecule has 1 aromatic carbocycles. The number of aryl methyl sites for hydroxylation is 1. The molecule has 0 unspecified atom stereocenters. The summed E-state index contributed by atoms with van der Waals surface area (Å²) in [5.74, 6) is 0.500. The molecule has 0 spiro atoms. The van der Waals surface area contributed by atoms with E-state index < -0.39 is 0 Å². The lowest BCUT2D eigenvalue weighted by Gasteiger charge is -2.03. The Labute approximate surface area is 115 Å². The molecule has 0 fully saturated rings. The van der Waals surface area contributed by atoms with Gasteiger partial charge in [0.25, 0.3) is 0 Å². The van der Waals surface area contributed by atoms with Crippen LogP contribution in [0.1, 0.15) is 11.1 Å². The highest BCUT2D eigenvalue weighted by Crippen LogP contribution is 2.17. The van der Waals surface area contributed by atoms with Crippen molar-refractivity contribution in [1.82, 2.24) is 30.0 Å². The summed E-state index contributed by atoms with van der Waals surface area (Å²) < 4.78 is 1.68. The van der Waals surface area contributed by atoms with Crippen molar-refractivity contribution in [3.63, 3.8) is 0 Å². The molecule has 0 aliphatic rings. The molecule has 0 saturated carbocycles. The summed E-state index contributed by atoms with van der Waals surface area (Å²) in [6.45, 7) is 1.86. The van der Waals surface area contributed by atoms with Crippen LogP contribution in [-0.2, 0) is 7.05 Å². The fourth-order valence-corrected chi connectivity index (χ4v) is 1.93. The number of aromatic nitrogens is 6. The minimum atomic E-state index is 0.500. The first-order valence-electron chi connectivity index (χ1n) is 5.98. The minimum Gasteiger partial charge on any atom is -0.275 e. The van der Waals surface area contributed by atoms with E-state index in [1.54, 1.807) is 23.0 Å². The molecular formula is C13H11N7. The van der Waals surface area contributed by atoms with E-state index in [2.05, 4.69) is 26.6 Å². The van der Waals surface area contributed by atoms with Gasteiger partial charge in [-0.15, -0.1) is 15.0 Å². The predicted octanol–water partition coefficient (Wildman–Crippen LogP) is 1.24. The third-order valence-electron chi connectivity index (χ3n) is 3.02. The second-order valence-corrected chi connectivity index (χ2v) is 4.37. The van der Waals surface area contributed by atoms with E-state index in [4.69, 9.17) is 5.26 Å². The van der Waals surface area contributed by atoms with Gasteiger partial charge in [0.1, 0.15) is 0 Å². The molecule has 2 aromatic heterocycles. The number of rotatable bonds is 2. The van der Waals surface area contributed by atoms with Crippen molar-refractivity contribution >= 4 is 0 Å². The average Bonchev–Trinajstić information content (AvgIpc) is 3.07. The number of nitriles is 1. The lowest BCUT2D eigenvalue weighted by Crippen LogP contribution is -2.02. The smallest absolute Gasteiger partial charge is 0.208 e. The van der Waals surface area contributed by atoms with Crippen LogP contribution in [0.15, 0.2) is 30.6 Å². The van der Waals surface area contributed by atoms with Crippen LogP contribution in [0, 0.1) is 18.3 Å². The van der Waals surface area contributed by atoms with E-state index in [9.17, 15) is 0 Å². The number of hydrogen-bond acceptors (Lipinski definition) is 5. The maximum absolute atomic E-state index is 9.05. The van der Waals surface area contributed by atoms with Gasteiger partial charge < -0.3 is 0 Å². The quantitative estimate of drug-likeness (QED) is 0.696. The molecule has 7 heteroatoms. The molecule has 0 bridgehead atoms. The van der Waals surface area contributed by atoms with Gasteiger partial charge in [0, 0.05) is 13.2 Å². The van der Waals surface area contributed by atoms with Crippen LogP contribution in [0.3, 0.4) is 0 Å². The Morgan fingerprint density at radius 1 is 1.30 bits per heavy atom. The summed E-state index contributed by atoms with van der Waals surface area (Å²) in [6, 6.07) is 7.56. The van der Waals surface area contributed by atoms with Gasteiger partial charge in [-0.05, 0) is 29.8 Å². The summed E-state index contributed by atoms with van der Waals surface area (Å²) in [5.41, 5.74) is 2.97. The Hall–Kier alpha value is -3.01. The zero-order valence-corrected chi connectivity index (χ0v) is 11.0. The second-order valence-electron chi connectivity index (χ2n) is 4.37. The molecule has 20 heavy (non-hydrogen) atoms. The van der Waals surface area contributed by atoms with Gasteiger partial charge in [0.15, 0.2) is 0 Å². The third kappa shape index (κ3) is 1.93. The molecule has 3 rings (SSSR count). The van der Waals surface area contributed by atoms with E-state index in [1.807, 2.05) is 26.2 Å². The Kier molecular flexibility index (Phi) is 2.76. The minimum absolute atomic E-state index is 0.500. The lowest BCUT2D eigenvalue weighted by molar-refractivity contribution is 0.715. The number of hydrogen-bond donors (Lipinski definition) is 0. The lowest BCUT2D eigenvalue weighted by atomic mass is 10.1. The monoisotopic (exact) mass is 265 g/mol. The highest BCUT2D eigenvalue weighted by molar-refractivity contribution is 5.52. The molecule has 0 aliphatic carbocycles. The van der Waals surface area contributed by atoms with Crippen LogP contribution in [0.4, 0.5) is 0 Å². The van der Waals surface area contributed by atoms with Gasteiger partial charge in [0.2, 0.25) is 5.82 Å². The molecule has 0 atom stereocenters. The average molecular weight is 265 g/mol. The Morgan fingerprint density at radius 3 is 2.85 bits per heavy atom. The highest BCUT2D eigenvalue weighted by atomic mass is 15.6. The van der Waals surface area contributed by atoms with Gasteiger partial charge in [-0.2, -0.15) is 10.4 Å². The molecule has 2 heterocycles. The molecule has 98 valence electrons.